The van der Waals surface area contributed by atoms with Crippen molar-refractivity contribution < 1.29 is 9.52 Å². The van der Waals surface area contributed by atoms with E-state index in [4.69, 9.17) is 16.0 Å². The minimum absolute atomic E-state index is 0.163. The van der Waals surface area contributed by atoms with E-state index in [2.05, 4.69) is 0 Å². The van der Waals surface area contributed by atoms with Crippen molar-refractivity contribution in [2.45, 2.75) is 6.92 Å². The van der Waals surface area contributed by atoms with E-state index in [9.17, 15) is 5.11 Å². The number of phenolic OH excluding ortho intramolecular Hbond substituents is 1. The van der Waals surface area contributed by atoms with E-state index < -0.39 is 0 Å². The SMILES string of the molecule is Cc1cccc2cc(-c3cc(Cl)ccc3O)oc12. The molecule has 0 saturated carbocycles. The number of benzene rings is 2. The maximum atomic E-state index is 9.86. The van der Waals surface area contributed by atoms with Crippen molar-refractivity contribution in [1.29, 1.82) is 0 Å². The second-order valence-corrected chi connectivity index (χ2v) is 4.70. The van der Waals surface area contributed by atoms with Crippen molar-refractivity contribution in [3.8, 4) is 17.1 Å². The first-order chi connectivity index (χ1) is 8.65. The van der Waals surface area contributed by atoms with E-state index in [1.165, 1.54) is 0 Å². The van der Waals surface area contributed by atoms with Crippen LogP contribution in [0.15, 0.2) is 46.9 Å². The molecule has 0 bridgehead atoms. The van der Waals surface area contributed by atoms with Crippen LogP contribution in [0, 0.1) is 6.92 Å². The molecule has 0 saturated heterocycles. The molecule has 1 N–H and O–H groups in total. The third-order valence-corrected chi connectivity index (χ3v) is 3.20. The Bertz CT molecular complexity index is 728. The normalized spacial score (nSPS) is 11.0. The number of aromatic hydroxyl groups is 1. The average molecular weight is 259 g/mol. The predicted molar refractivity (Wildman–Crippen MR) is 73.1 cm³/mol. The van der Waals surface area contributed by atoms with Gasteiger partial charge in [-0.15, -0.1) is 0 Å². The molecule has 3 aromatic rings. The summed E-state index contributed by atoms with van der Waals surface area (Å²) in [6.45, 7) is 1.99. The molecular formula is C15H11ClO2. The molecule has 0 unspecified atom stereocenters. The fraction of sp³-hybridized carbons (Fsp3) is 0.0667. The van der Waals surface area contributed by atoms with Crippen LogP contribution < -0.4 is 0 Å². The van der Waals surface area contributed by atoms with E-state index in [0.29, 0.717) is 16.3 Å². The maximum Gasteiger partial charge on any atom is 0.139 e. The van der Waals surface area contributed by atoms with E-state index in [1.54, 1.807) is 18.2 Å². The van der Waals surface area contributed by atoms with Gasteiger partial charge in [0.25, 0.3) is 0 Å². The fourth-order valence-corrected chi connectivity index (χ4v) is 2.22. The van der Waals surface area contributed by atoms with Gasteiger partial charge in [-0.2, -0.15) is 0 Å². The average Bonchev–Trinajstić information content (AvgIpc) is 2.77. The van der Waals surface area contributed by atoms with Crippen LogP contribution in [0.3, 0.4) is 0 Å². The molecule has 18 heavy (non-hydrogen) atoms. The second-order valence-electron chi connectivity index (χ2n) is 4.27. The van der Waals surface area contributed by atoms with Gasteiger partial charge in [-0.1, -0.05) is 29.8 Å². The van der Waals surface area contributed by atoms with Gasteiger partial charge >= 0.3 is 0 Å². The minimum atomic E-state index is 0.163. The Morgan fingerprint density at radius 3 is 2.72 bits per heavy atom. The van der Waals surface area contributed by atoms with E-state index >= 15 is 0 Å². The molecule has 90 valence electrons. The summed E-state index contributed by atoms with van der Waals surface area (Å²) in [5, 5.41) is 11.5. The van der Waals surface area contributed by atoms with Gasteiger partial charge in [-0.25, -0.2) is 0 Å². The topological polar surface area (TPSA) is 33.4 Å². The monoisotopic (exact) mass is 258 g/mol. The zero-order valence-corrected chi connectivity index (χ0v) is 10.5. The lowest BCUT2D eigenvalue weighted by Crippen LogP contribution is -1.75. The van der Waals surface area contributed by atoms with E-state index in [-0.39, 0.29) is 5.75 Å². The molecular weight excluding hydrogens is 248 g/mol. The molecule has 1 aromatic heterocycles. The number of hydrogen-bond acceptors (Lipinski definition) is 2. The summed E-state index contributed by atoms with van der Waals surface area (Å²) in [5.41, 5.74) is 2.52. The Balaban J connectivity index is 2.26. The van der Waals surface area contributed by atoms with Crippen molar-refractivity contribution in [2.75, 3.05) is 0 Å². The molecule has 3 heteroatoms. The molecule has 0 amide bonds. The number of rotatable bonds is 1. The minimum Gasteiger partial charge on any atom is -0.507 e. The molecule has 0 fully saturated rings. The van der Waals surface area contributed by atoms with Crippen LogP contribution in [0.25, 0.3) is 22.3 Å². The van der Waals surface area contributed by atoms with Crippen molar-refractivity contribution in [3.63, 3.8) is 0 Å². The summed E-state index contributed by atoms with van der Waals surface area (Å²) in [6.07, 6.45) is 0. The first kappa shape index (κ1) is 11.2. The third-order valence-electron chi connectivity index (χ3n) is 2.97. The summed E-state index contributed by atoms with van der Waals surface area (Å²) in [7, 11) is 0. The third kappa shape index (κ3) is 1.75. The lowest BCUT2D eigenvalue weighted by Gasteiger charge is -2.01. The summed E-state index contributed by atoms with van der Waals surface area (Å²) in [4.78, 5) is 0. The maximum absolute atomic E-state index is 9.86. The number of hydrogen-bond donors (Lipinski definition) is 1. The number of aryl methyl sites for hydroxylation is 1. The van der Waals surface area contributed by atoms with Gasteiger partial charge in [0.05, 0.1) is 5.56 Å². The van der Waals surface area contributed by atoms with Gasteiger partial charge in [0.15, 0.2) is 0 Å². The number of fused-ring (bicyclic) bond motifs is 1. The molecule has 0 aliphatic rings. The molecule has 0 spiro atoms. The van der Waals surface area contributed by atoms with Gasteiger partial charge in [0.2, 0.25) is 0 Å². The van der Waals surface area contributed by atoms with Crippen molar-refractivity contribution in [2.24, 2.45) is 0 Å². The smallest absolute Gasteiger partial charge is 0.139 e. The number of halogens is 1. The van der Waals surface area contributed by atoms with Crippen molar-refractivity contribution >= 4 is 22.6 Å². The van der Waals surface area contributed by atoms with Gasteiger partial charge in [-0.3, -0.25) is 0 Å². The highest BCUT2D eigenvalue weighted by molar-refractivity contribution is 6.30. The Kier molecular flexibility index (Phi) is 2.53. The Labute approximate surface area is 109 Å². The van der Waals surface area contributed by atoms with Crippen molar-refractivity contribution in [3.05, 3.63) is 53.1 Å². The highest BCUT2D eigenvalue weighted by Crippen LogP contribution is 2.35. The van der Waals surface area contributed by atoms with Crippen LogP contribution in [-0.2, 0) is 0 Å². The van der Waals surface area contributed by atoms with Crippen LogP contribution in [0.5, 0.6) is 5.75 Å². The lowest BCUT2D eigenvalue weighted by molar-refractivity contribution is 0.474. The van der Waals surface area contributed by atoms with Gasteiger partial charge in [-0.05, 0) is 36.8 Å². The molecule has 2 aromatic carbocycles. The molecule has 0 aliphatic carbocycles. The fourth-order valence-electron chi connectivity index (χ4n) is 2.05. The summed E-state index contributed by atoms with van der Waals surface area (Å²) in [6, 6.07) is 12.8. The van der Waals surface area contributed by atoms with Crippen LogP contribution in [0.1, 0.15) is 5.56 Å². The Morgan fingerprint density at radius 1 is 1.11 bits per heavy atom. The van der Waals surface area contributed by atoms with Crippen LogP contribution in [0.2, 0.25) is 5.02 Å². The zero-order valence-electron chi connectivity index (χ0n) is 9.77. The number of furan rings is 1. The molecule has 0 aliphatic heterocycles. The molecule has 2 nitrogen and oxygen atoms in total. The molecule has 3 rings (SSSR count). The summed E-state index contributed by atoms with van der Waals surface area (Å²) < 4.78 is 5.80. The van der Waals surface area contributed by atoms with E-state index in [0.717, 1.165) is 16.5 Å². The number of phenols is 1. The first-order valence-corrected chi connectivity index (χ1v) is 6.01. The van der Waals surface area contributed by atoms with Gasteiger partial charge < -0.3 is 9.52 Å². The highest BCUT2D eigenvalue weighted by Gasteiger charge is 2.11. The van der Waals surface area contributed by atoms with Gasteiger partial charge in [0.1, 0.15) is 17.1 Å². The van der Waals surface area contributed by atoms with Crippen LogP contribution >= 0.6 is 11.6 Å². The first-order valence-electron chi connectivity index (χ1n) is 5.63. The van der Waals surface area contributed by atoms with Crippen molar-refractivity contribution in [1.82, 2.24) is 0 Å². The zero-order chi connectivity index (χ0) is 12.7. The Morgan fingerprint density at radius 2 is 1.94 bits per heavy atom. The number of para-hydroxylation sites is 1. The lowest BCUT2D eigenvalue weighted by atomic mass is 10.1. The largest absolute Gasteiger partial charge is 0.507 e. The van der Waals surface area contributed by atoms with E-state index in [1.807, 2.05) is 31.2 Å². The molecule has 0 radical (unpaired) electrons. The standard InChI is InChI=1S/C15H11ClO2/c1-9-3-2-4-10-7-14(18-15(9)10)12-8-11(16)5-6-13(12)17/h2-8,17H,1H3. The quantitative estimate of drug-likeness (QED) is 0.682. The molecule has 1 heterocycles. The summed E-state index contributed by atoms with van der Waals surface area (Å²) >= 11 is 5.94. The van der Waals surface area contributed by atoms with Crippen LogP contribution in [-0.4, -0.2) is 5.11 Å². The predicted octanol–water partition coefficient (Wildman–Crippen LogP) is 4.77. The molecule has 0 atom stereocenters. The second kappa shape index (κ2) is 4.07. The van der Waals surface area contributed by atoms with Crippen LogP contribution in [0.4, 0.5) is 0 Å². The van der Waals surface area contributed by atoms with Gasteiger partial charge in [0, 0.05) is 10.4 Å². The Hall–Kier alpha value is -1.93. The highest BCUT2D eigenvalue weighted by atomic mass is 35.5. The summed E-state index contributed by atoms with van der Waals surface area (Å²) in [5.74, 6) is 0.787.